The lowest BCUT2D eigenvalue weighted by Gasteiger charge is -2.06. The zero-order valence-corrected chi connectivity index (χ0v) is 10.2. The van der Waals surface area contributed by atoms with Crippen LogP contribution < -0.4 is 11.3 Å². The van der Waals surface area contributed by atoms with Crippen molar-refractivity contribution in [1.29, 1.82) is 0 Å². The Bertz CT molecular complexity index is 560. The van der Waals surface area contributed by atoms with Gasteiger partial charge in [-0.25, -0.2) is 15.8 Å². The average Bonchev–Trinajstić information content (AvgIpc) is 3.23. The fourth-order valence-corrected chi connectivity index (χ4v) is 1.84. The lowest BCUT2D eigenvalue weighted by molar-refractivity contribution is 0.984. The van der Waals surface area contributed by atoms with Gasteiger partial charge in [0.1, 0.15) is 11.5 Å². The molecule has 2 heterocycles. The summed E-state index contributed by atoms with van der Waals surface area (Å²) in [4.78, 5) is 13.3. The molecule has 3 N–H and O–H groups in total. The average molecular weight is 241 g/mol. The van der Waals surface area contributed by atoms with Crippen LogP contribution in [0.2, 0.25) is 0 Å². The SMILES string of the molecule is Cc1ccc(-c2nc(NN)cc(C3CC3)n2)nc1. The summed E-state index contributed by atoms with van der Waals surface area (Å²) < 4.78 is 0. The van der Waals surface area contributed by atoms with E-state index in [9.17, 15) is 0 Å². The Morgan fingerprint density at radius 2 is 2.11 bits per heavy atom. The third-order valence-electron chi connectivity index (χ3n) is 3.03. The van der Waals surface area contributed by atoms with E-state index >= 15 is 0 Å². The zero-order valence-electron chi connectivity index (χ0n) is 10.2. The van der Waals surface area contributed by atoms with Crippen LogP contribution in [0.5, 0.6) is 0 Å². The van der Waals surface area contributed by atoms with Gasteiger partial charge in [-0.2, -0.15) is 0 Å². The van der Waals surface area contributed by atoms with Crippen molar-refractivity contribution in [3.8, 4) is 11.5 Å². The molecule has 0 amide bonds. The maximum atomic E-state index is 5.45. The van der Waals surface area contributed by atoms with Crippen molar-refractivity contribution in [3.63, 3.8) is 0 Å². The quantitative estimate of drug-likeness (QED) is 0.635. The largest absolute Gasteiger partial charge is 0.308 e. The summed E-state index contributed by atoms with van der Waals surface area (Å²) in [5, 5.41) is 0. The summed E-state index contributed by atoms with van der Waals surface area (Å²) >= 11 is 0. The van der Waals surface area contributed by atoms with Crippen LogP contribution in [0.1, 0.15) is 30.0 Å². The Morgan fingerprint density at radius 3 is 2.72 bits per heavy atom. The van der Waals surface area contributed by atoms with Crippen molar-refractivity contribution in [2.24, 2.45) is 5.84 Å². The number of nitrogens with zero attached hydrogens (tertiary/aromatic N) is 3. The Kier molecular flexibility index (Phi) is 2.68. The molecule has 1 saturated carbocycles. The van der Waals surface area contributed by atoms with E-state index in [0.29, 0.717) is 17.6 Å². The van der Waals surface area contributed by atoms with Gasteiger partial charge in [-0.05, 0) is 31.4 Å². The van der Waals surface area contributed by atoms with Crippen LogP contribution in [-0.4, -0.2) is 15.0 Å². The summed E-state index contributed by atoms with van der Waals surface area (Å²) in [5.74, 6) is 7.28. The fourth-order valence-electron chi connectivity index (χ4n) is 1.84. The lowest BCUT2D eigenvalue weighted by Crippen LogP contribution is -2.10. The molecule has 1 fully saturated rings. The van der Waals surface area contributed by atoms with Crippen molar-refractivity contribution < 1.29 is 0 Å². The van der Waals surface area contributed by atoms with Gasteiger partial charge in [0.15, 0.2) is 5.82 Å². The van der Waals surface area contributed by atoms with Gasteiger partial charge in [0.25, 0.3) is 0 Å². The summed E-state index contributed by atoms with van der Waals surface area (Å²) in [5.41, 5.74) is 5.54. The van der Waals surface area contributed by atoms with E-state index in [1.54, 1.807) is 0 Å². The van der Waals surface area contributed by atoms with Gasteiger partial charge in [0.05, 0.1) is 0 Å². The van der Waals surface area contributed by atoms with Crippen LogP contribution >= 0.6 is 0 Å². The van der Waals surface area contributed by atoms with Gasteiger partial charge in [-0.15, -0.1) is 0 Å². The molecule has 1 aliphatic carbocycles. The molecule has 2 aromatic heterocycles. The highest BCUT2D eigenvalue weighted by Crippen LogP contribution is 2.39. The molecule has 92 valence electrons. The number of hydrazine groups is 1. The Balaban J connectivity index is 2.04. The Hall–Kier alpha value is -2.01. The molecule has 18 heavy (non-hydrogen) atoms. The number of aromatic nitrogens is 3. The van der Waals surface area contributed by atoms with E-state index in [4.69, 9.17) is 5.84 Å². The molecule has 0 aromatic carbocycles. The van der Waals surface area contributed by atoms with E-state index in [1.165, 1.54) is 12.8 Å². The number of nitrogens with two attached hydrogens (primary N) is 1. The van der Waals surface area contributed by atoms with Gasteiger partial charge in [-0.3, -0.25) is 4.98 Å². The number of nitrogens with one attached hydrogen (secondary N) is 1. The molecule has 0 bridgehead atoms. The highest BCUT2D eigenvalue weighted by atomic mass is 15.3. The molecule has 0 radical (unpaired) electrons. The number of pyridine rings is 1. The van der Waals surface area contributed by atoms with E-state index < -0.39 is 0 Å². The van der Waals surface area contributed by atoms with Crippen LogP contribution in [0.4, 0.5) is 5.82 Å². The van der Waals surface area contributed by atoms with Gasteiger partial charge in [0, 0.05) is 23.9 Å². The van der Waals surface area contributed by atoms with Crippen LogP contribution in [0, 0.1) is 6.92 Å². The summed E-state index contributed by atoms with van der Waals surface area (Å²) in [7, 11) is 0. The first-order chi connectivity index (χ1) is 8.76. The second-order valence-electron chi connectivity index (χ2n) is 4.64. The van der Waals surface area contributed by atoms with Crippen molar-refractivity contribution in [2.45, 2.75) is 25.7 Å². The molecule has 0 aliphatic heterocycles. The monoisotopic (exact) mass is 241 g/mol. The third-order valence-corrected chi connectivity index (χ3v) is 3.03. The molecular formula is C13H15N5. The second kappa shape index (κ2) is 4.34. The minimum Gasteiger partial charge on any atom is -0.308 e. The van der Waals surface area contributed by atoms with Gasteiger partial charge >= 0.3 is 0 Å². The summed E-state index contributed by atoms with van der Waals surface area (Å²) in [6.07, 6.45) is 4.21. The zero-order chi connectivity index (χ0) is 12.5. The predicted molar refractivity (Wildman–Crippen MR) is 69.8 cm³/mol. The molecule has 3 rings (SSSR count). The molecule has 1 aliphatic rings. The number of aryl methyl sites for hydroxylation is 1. The first-order valence-electron chi connectivity index (χ1n) is 6.05. The standard InChI is InChI=1S/C13H15N5/c1-8-2-5-10(15-7-8)13-16-11(9-3-4-9)6-12(17-13)18-14/h2,5-7,9H,3-4,14H2,1H3,(H,16,17,18). The molecule has 0 atom stereocenters. The van der Waals surface area contributed by atoms with Gasteiger partial charge in [-0.1, -0.05) is 6.07 Å². The lowest BCUT2D eigenvalue weighted by atomic mass is 10.2. The number of hydrogen-bond acceptors (Lipinski definition) is 5. The molecule has 0 saturated heterocycles. The Labute approximate surface area is 105 Å². The smallest absolute Gasteiger partial charge is 0.180 e. The topological polar surface area (TPSA) is 76.7 Å². The molecule has 0 unspecified atom stereocenters. The van der Waals surface area contributed by atoms with Crippen LogP contribution in [0.25, 0.3) is 11.5 Å². The number of anilines is 1. The first kappa shape index (κ1) is 11.1. The van der Waals surface area contributed by atoms with Crippen molar-refractivity contribution >= 4 is 5.82 Å². The highest BCUT2D eigenvalue weighted by Gasteiger charge is 2.26. The highest BCUT2D eigenvalue weighted by molar-refractivity contribution is 5.53. The van der Waals surface area contributed by atoms with Gasteiger partial charge in [0.2, 0.25) is 0 Å². The summed E-state index contributed by atoms with van der Waals surface area (Å²) in [6, 6.07) is 5.85. The summed E-state index contributed by atoms with van der Waals surface area (Å²) in [6.45, 7) is 2.01. The minimum atomic E-state index is 0.560. The second-order valence-corrected chi connectivity index (χ2v) is 4.64. The van der Waals surface area contributed by atoms with Crippen molar-refractivity contribution in [2.75, 3.05) is 5.43 Å². The number of hydrogen-bond donors (Lipinski definition) is 2. The normalized spacial score (nSPS) is 14.6. The molecular weight excluding hydrogens is 226 g/mol. The molecule has 0 spiro atoms. The number of nitrogen functional groups attached to an aromatic ring is 1. The molecule has 2 aromatic rings. The number of rotatable bonds is 3. The van der Waals surface area contributed by atoms with Crippen LogP contribution in [0.15, 0.2) is 24.4 Å². The van der Waals surface area contributed by atoms with E-state index in [0.717, 1.165) is 17.0 Å². The maximum Gasteiger partial charge on any atom is 0.180 e. The maximum absolute atomic E-state index is 5.45. The molecule has 5 nitrogen and oxygen atoms in total. The van der Waals surface area contributed by atoms with Crippen molar-refractivity contribution in [3.05, 3.63) is 35.7 Å². The predicted octanol–water partition coefficient (Wildman–Crippen LogP) is 2.01. The fraction of sp³-hybridized carbons (Fsp3) is 0.308. The third kappa shape index (κ3) is 2.17. The van der Waals surface area contributed by atoms with Crippen LogP contribution in [0.3, 0.4) is 0 Å². The van der Waals surface area contributed by atoms with Crippen LogP contribution in [-0.2, 0) is 0 Å². The first-order valence-corrected chi connectivity index (χ1v) is 6.05. The van der Waals surface area contributed by atoms with E-state index in [1.807, 2.05) is 31.3 Å². The Morgan fingerprint density at radius 1 is 1.28 bits per heavy atom. The van der Waals surface area contributed by atoms with E-state index in [2.05, 4.69) is 20.4 Å². The molecule has 5 heteroatoms. The van der Waals surface area contributed by atoms with E-state index in [-0.39, 0.29) is 0 Å². The minimum absolute atomic E-state index is 0.560. The van der Waals surface area contributed by atoms with Crippen molar-refractivity contribution in [1.82, 2.24) is 15.0 Å². The van der Waals surface area contributed by atoms with Gasteiger partial charge < -0.3 is 5.43 Å².